The number of thioether (sulfide) groups is 1. The van der Waals surface area contributed by atoms with Crippen LogP contribution in [0.5, 0.6) is 0 Å². The van der Waals surface area contributed by atoms with Crippen LogP contribution in [0.1, 0.15) is 36.3 Å². The molecule has 7 heteroatoms. The molecule has 86 valence electrons. The normalized spacial score (nSPS) is 23.8. The number of hydrogen-bond donors (Lipinski definition) is 1. The van der Waals surface area contributed by atoms with Crippen LogP contribution in [0.3, 0.4) is 0 Å². The number of aromatic carboxylic acids is 1. The summed E-state index contributed by atoms with van der Waals surface area (Å²) in [5, 5.41) is 16.3. The van der Waals surface area contributed by atoms with Gasteiger partial charge >= 0.3 is 5.97 Å². The molecule has 1 aliphatic carbocycles. The minimum atomic E-state index is -1.08. The van der Waals surface area contributed by atoms with E-state index in [0.29, 0.717) is 0 Å². The largest absolute Gasteiger partial charge is 0.476 e. The number of carboxylic acid groups (broad SMARTS) is 1. The second-order valence-electron chi connectivity index (χ2n) is 3.68. The van der Waals surface area contributed by atoms with E-state index in [4.69, 9.17) is 5.11 Å². The van der Waals surface area contributed by atoms with Gasteiger partial charge in [0.05, 0.1) is 12.2 Å². The molecule has 2 rings (SSSR count). The summed E-state index contributed by atoms with van der Waals surface area (Å²) < 4.78 is 1.55. The van der Waals surface area contributed by atoms with Gasteiger partial charge in [0.2, 0.25) is 0 Å². The van der Waals surface area contributed by atoms with E-state index in [1.165, 1.54) is 24.9 Å². The molecule has 16 heavy (non-hydrogen) atoms. The first-order chi connectivity index (χ1) is 7.58. The van der Waals surface area contributed by atoms with Gasteiger partial charge in [0.15, 0.2) is 10.8 Å². The van der Waals surface area contributed by atoms with E-state index in [2.05, 4.69) is 10.3 Å². The molecular weight excluding hydrogens is 230 g/mol. The van der Waals surface area contributed by atoms with Gasteiger partial charge in [0.25, 0.3) is 0 Å². The van der Waals surface area contributed by atoms with Gasteiger partial charge < -0.3 is 5.11 Å². The Morgan fingerprint density at radius 1 is 1.56 bits per heavy atom. The van der Waals surface area contributed by atoms with Gasteiger partial charge in [-0.15, -0.1) is 5.10 Å². The van der Waals surface area contributed by atoms with E-state index in [1.807, 2.05) is 0 Å². The maximum Gasteiger partial charge on any atom is 0.358 e. The van der Waals surface area contributed by atoms with Crippen LogP contribution in [-0.4, -0.2) is 36.4 Å². The lowest BCUT2D eigenvalue weighted by atomic mass is 9.92. The highest BCUT2D eigenvalue weighted by molar-refractivity contribution is 8.14. The number of carbonyl (C=O) groups excluding carboxylic acids is 1. The summed E-state index contributed by atoms with van der Waals surface area (Å²) in [5.41, 5.74) is -0.0570. The maximum absolute atomic E-state index is 11.0. The lowest BCUT2D eigenvalue weighted by Crippen LogP contribution is -2.32. The molecule has 0 spiro atoms. The SMILES string of the molecule is CC(=O)SC1CCC1n1cc(C(=O)O)nn1. The van der Waals surface area contributed by atoms with Gasteiger partial charge in [-0.1, -0.05) is 17.0 Å². The molecule has 1 N–H and O–H groups in total. The Balaban J connectivity index is 2.06. The fourth-order valence-electron chi connectivity index (χ4n) is 1.64. The second kappa shape index (κ2) is 4.25. The van der Waals surface area contributed by atoms with E-state index >= 15 is 0 Å². The van der Waals surface area contributed by atoms with Gasteiger partial charge in [-0.3, -0.25) is 4.79 Å². The van der Waals surface area contributed by atoms with Gasteiger partial charge in [0, 0.05) is 12.2 Å². The smallest absolute Gasteiger partial charge is 0.358 e. The fourth-order valence-corrected chi connectivity index (χ4v) is 2.74. The summed E-state index contributed by atoms with van der Waals surface area (Å²) in [6.45, 7) is 1.53. The first-order valence-corrected chi connectivity index (χ1v) is 5.78. The van der Waals surface area contributed by atoms with Crippen LogP contribution in [0.2, 0.25) is 0 Å². The fraction of sp³-hybridized carbons (Fsp3) is 0.556. The Morgan fingerprint density at radius 3 is 2.75 bits per heavy atom. The van der Waals surface area contributed by atoms with E-state index in [0.717, 1.165) is 12.8 Å². The van der Waals surface area contributed by atoms with Crippen molar-refractivity contribution >= 4 is 22.8 Å². The summed E-state index contributed by atoms with van der Waals surface area (Å²) in [5.74, 6) is -1.08. The number of hydrogen-bond acceptors (Lipinski definition) is 5. The van der Waals surface area contributed by atoms with E-state index in [-0.39, 0.29) is 22.1 Å². The molecule has 0 aromatic carbocycles. The third-order valence-corrected chi connectivity index (χ3v) is 3.75. The minimum absolute atomic E-state index is 0.0570. The second-order valence-corrected chi connectivity index (χ2v) is 5.10. The molecule has 1 heterocycles. The van der Waals surface area contributed by atoms with Crippen LogP contribution in [0.25, 0.3) is 0 Å². The van der Waals surface area contributed by atoms with E-state index < -0.39 is 5.97 Å². The molecule has 6 nitrogen and oxygen atoms in total. The average Bonchev–Trinajstić information content (AvgIpc) is 2.61. The Hall–Kier alpha value is -1.37. The first kappa shape index (κ1) is 11.1. The third kappa shape index (κ3) is 2.08. The molecule has 1 aromatic rings. The topological polar surface area (TPSA) is 85.1 Å². The van der Waals surface area contributed by atoms with Crippen molar-refractivity contribution < 1.29 is 14.7 Å². The zero-order valence-corrected chi connectivity index (χ0v) is 9.48. The highest BCUT2D eigenvalue weighted by atomic mass is 32.2. The predicted molar refractivity (Wildman–Crippen MR) is 57.3 cm³/mol. The number of rotatable bonds is 3. The molecule has 0 saturated heterocycles. The van der Waals surface area contributed by atoms with Crippen LogP contribution in [0.15, 0.2) is 6.20 Å². The van der Waals surface area contributed by atoms with Gasteiger partial charge in [-0.05, 0) is 12.8 Å². The van der Waals surface area contributed by atoms with Crippen LogP contribution in [0.4, 0.5) is 0 Å². The quantitative estimate of drug-likeness (QED) is 0.848. The van der Waals surface area contributed by atoms with Crippen molar-refractivity contribution in [2.24, 2.45) is 0 Å². The Labute approximate surface area is 96.0 Å². The zero-order chi connectivity index (χ0) is 11.7. The molecule has 1 fully saturated rings. The van der Waals surface area contributed by atoms with Crippen LogP contribution >= 0.6 is 11.8 Å². The molecule has 2 atom stereocenters. The summed E-state index contributed by atoms with van der Waals surface area (Å²) >= 11 is 1.29. The maximum atomic E-state index is 11.0. The van der Waals surface area contributed by atoms with Crippen molar-refractivity contribution in [3.8, 4) is 0 Å². The average molecular weight is 241 g/mol. The van der Waals surface area contributed by atoms with Gasteiger partial charge in [-0.25, -0.2) is 9.48 Å². The van der Waals surface area contributed by atoms with Gasteiger partial charge in [-0.2, -0.15) is 0 Å². The van der Waals surface area contributed by atoms with Crippen molar-refractivity contribution in [2.75, 3.05) is 0 Å². The molecule has 0 amide bonds. The van der Waals surface area contributed by atoms with Crippen molar-refractivity contribution in [3.05, 3.63) is 11.9 Å². The number of nitrogens with zero attached hydrogens (tertiary/aromatic N) is 3. The van der Waals surface area contributed by atoms with Crippen LogP contribution in [0, 0.1) is 0 Å². The lowest BCUT2D eigenvalue weighted by molar-refractivity contribution is -0.109. The monoisotopic (exact) mass is 241 g/mol. The zero-order valence-electron chi connectivity index (χ0n) is 8.66. The van der Waals surface area contributed by atoms with Crippen molar-refractivity contribution in [2.45, 2.75) is 31.1 Å². The summed E-state index contributed by atoms with van der Waals surface area (Å²) in [7, 11) is 0. The first-order valence-electron chi connectivity index (χ1n) is 4.90. The number of carboxylic acids is 1. The van der Waals surface area contributed by atoms with Crippen molar-refractivity contribution in [3.63, 3.8) is 0 Å². The molecule has 2 unspecified atom stereocenters. The van der Waals surface area contributed by atoms with E-state index in [9.17, 15) is 9.59 Å². The Morgan fingerprint density at radius 2 is 2.31 bits per heavy atom. The summed E-state index contributed by atoms with van der Waals surface area (Å²) in [6, 6.07) is 0.0921. The molecule has 1 aromatic heterocycles. The molecule has 1 aliphatic rings. The van der Waals surface area contributed by atoms with E-state index in [1.54, 1.807) is 4.68 Å². The Kier molecular flexibility index (Phi) is 2.95. The minimum Gasteiger partial charge on any atom is -0.476 e. The highest BCUT2D eigenvalue weighted by Crippen LogP contribution is 2.40. The molecule has 0 bridgehead atoms. The van der Waals surface area contributed by atoms with Crippen LogP contribution < -0.4 is 0 Å². The van der Waals surface area contributed by atoms with Crippen LogP contribution in [-0.2, 0) is 4.79 Å². The standard InChI is InChI=1S/C9H11N3O3S/c1-5(13)16-8-3-2-7(8)12-4-6(9(14)15)10-11-12/h4,7-8H,2-3H2,1H3,(H,14,15). The third-order valence-electron chi connectivity index (χ3n) is 2.56. The number of carbonyl (C=O) groups is 2. The highest BCUT2D eigenvalue weighted by Gasteiger charge is 2.35. The molecule has 0 aliphatic heterocycles. The lowest BCUT2D eigenvalue weighted by Gasteiger charge is -2.34. The van der Waals surface area contributed by atoms with Crippen molar-refractivity contribution in [1.82, 2.24) is 15.0 Å². The molecular formula is C9H11N3O3S. The summed E-state index contributed by atoms with van der Waals surface area (Å²) in [6.07, 6.45) is 3.28. The van der Waals surface area contributed by atoms with Crippen molar-refractivity contribution in [1.29, 1.82) is 0 Å². The van der Waals surface area contributed by atoms with Gasteiger partial charge in [0.1, 0.15) is 0 Å². The molecule has 0 radical (unpaired) electrons. The molecule has 1 saturated carbocycles. The Bertz CT molecular complexity index is 431. The summed E-state index contributed by atoms with van der Waals surface area (Å²) in [4.78, 5) is 21.6. The predicted octanol–water partition coefficient (Wildman–Crippen LogP) is 0.959. The number of aromatic nitrogens is 3.